The van der Waals surface area contributed by atoms with Gasteiger partial charge in [0.05, 0.1) is 5.56 Å². The molecular formula is C16H11F3O4. The van der Waals surface area contributed by atoms with Gasteiger partial charge in [-0.15, -0.1) is 0 Å². The number of fused-ring (bicyclic) bond motifs is 1. The smallest absolute Gasteiger partial charge is 0.416 e. The number of carbonyl (C=O) groups is 1. The van der Waals surface area contributed by atoms with Crippen LogP contribution in [-0.2, 0) is 6.18 Å². The summed E-state index contributed by atoms with van der Waals surface area (Å²) in [6.07, 6.45) is -4.42. The molecule has 1 heterocycles. The number of rotatable bonds is 2. The highest BCUT2D eigenvalue weighted by Crippen LogP contribution is 2.39. The van der Waals surface area contributed by atoms with Crippen LogP contribution in [0.25, 0.3) is 11.1 Å². The van der Waals surface area contributed by atoms with E-state index in [0.717, 1.165) is 12.1 Å². The van der Waals surface area contributed by atoms with Gasteiger partial charge in [-0.25, -0.2) is 4.79 Å². The van der Waals surface area contributed by atoms with Gasteiger partial charge in [-0.05, 0) is 35.4 Å². The number of halogens is 3. The number of benzene rings is 2. The van der Waals surface area contributed by atoms with Gasteiger partial charge in [0, 0.05) is 0 Å². The van der Waals surface area contributed by atoms with Crippen molar-refractivity contribution in [3.05, 3.63) is 47.5 Å². The van der Waals surface area contributed by atoms with Crippen LogP contribution in [0.3, 0.4) is 0 Å². The highest BCUT2D eigenvalue weighted by Gasteiger charge is 2.30. The first-order valence-corrected chi connectivity index (χ1v) is 6.71. The predicted molar refractivity (Wildman–Crippen MR) is 74.8 cm³/mol. The van der Waals surface area contributed by atoms with Gasteiger partial charge in [0.1, 0.15) is 18.8 Å². The number of aromatic carboxylic acids is 1. The molecule has 0 fully saturated rings. The fourth-order valence-corrected chi connectivity index (χ4v) is 2.33. The van der Waals surface area contributed by atoms with Gasteiger partial charge in [0.25, 0.3) is 0 Å². The zero-order valence-corrected chi connectivity index (χ0v) is 11.7. The molecule has 1 aliphatic heterocycles. The minimum atomic E-state index is -4.42. The quantitative estimate of drug-likeness (QED) is 0.912. The van der Waals surface area contributed by atoms with Crippen molar-refractivity contribution in [3.63, 3.8) is 0 Å². The Kier molecular flexibility index (Phi) is 3.63. The first kappa shape index (κ1) is 15.2. The molecule has 0 saturated carbocycles. The van der Waals surface area contributed by atoms with Crippen LogP contribution >= 0.6 is 0 Å². The van der Waals surface area contributed by atoms with E-state index in [2.05, 4.69) is 0 Å². The molecule has 0 bridgehead atoms. The molecule has 7 heteroatoms. The maximum Gasteiger partial charge on any atom is 0.416 e. The number of alkyl halides is 3. The number of hydrogen-bond acceptors (Lipinski definition) is 3. The third kappa shape index (κ3) is 2.94. The Morgan fingerprint density at radius 1 is 1.00 bits per heavy atom. The maximum absolute atomic E-state index is 12.6. The topological polar surface area (TPSA) is 55.8 Å². The molecule has 1 N–H and O–H groups in total. The van der Waals surface area contributed by atoms with Crippen LogP contribution in [0.4, 0.5) is 13.2 Å². The molecule has 1 aliphatic rings. The van der Waals surface area contributed by atoms with E-state index in [0.29, 0.717) is 11.1 Å². The molecule has 0 aliphatic carbocycles. The van der Waals surface area contributed by atoms with E-state index in [9.17, 15) is 23.1 Å². The second kappa shape index (κ2) is 5.49. The summed E-state index contributed by atoms with van der Waals surface area (Å²) >= 11 is 0. The molecule has 2 aromatic rings. The minimum Gasteiger partial charge on any atom is -0.486 e. The molecule has 4 nitrogen and oxygen atoms in total. The van der Waals surface area contributed by atoms with E-state index in [1.54, 1.807) is 6.07 Å². The van der Waals surface area contributed by atoms with Crippen LogP contribution < -0.4 is 9.47 Å². The third-order valence-electron chi connectivity index (χ3n) is 3.42. The van der Waals surface area contributed by atoms with E-state index < -0.39 is 17.7 Å². The first-order chi connectivity index (χ1) is 10.9. The van der Waals surface area contributed by atoms with Crippen molar-refractivity contribution in [3.8, 4) is 22.6 Å². The summed E-state index contributed by atoms with van der Waals surface area (Å²) < 4.78 is 48.5. The summed E-state index contributed by atoms with van der Waals surface area (Å²) in [5.41, 5.74) is 0.0483. The molecule has 0 aromatic heterocycles. The molecule has 120 valence electrons. The Bertz CT molecular complexity index is 751. The molecule has 0 radical (unpaired) electrons. The maximum atomic E-state index is 12.6. The van der Waals surface area contributed by atoms with E-state index in [4.69, 9.17) is 9.47 Å². The van der Waals surface area contributed by atoms with Crippen LogP contribution in [0.2, 0.25) is 0 Å². The summed E-state index contributed by atoms with van der Waals surface area (Å²) in [6, 6.07) is 7.40. The molecule has 0 atom stereocenters. The number of carboxylic acid groups (broad SMARTS) is 1. The lowest BCUT2D eigenvalue weighted by molar-refractivity contribution is -0.137. The lowest BCUT2D eigenvalue weighted by Gasteiger charge is -2.21. The largest absolute Gasteiger partial charge is 0.486 e. The van der Waals surface area contributed by atoms with Gasteiger partial charge >= 0.3 is 12.1 Å². The van der Waals surface area contributed by atoms with Gasteiger partial charge in [0.15, 0.2) is 11.5 Å². The molecule has 0 unspecified atom stereocenters. The second-order valence-corrected chi connectivity index (χ2v) is 4.93. The number of hydrogen-bond donors (Lipinski definition) is 1. The third-order valence-corrected chi connectivity index (χ3v) is 3.42. The molecule has 2 aromatic carbocycles. The zero-order valence-electron chi connectivity index (χ0n) is 11.7. The Balaban J connectivity index is 2.06. The normalized spacial score (nSPS) is 13.7. The number of carboxylic acids is 1. The Labute approximate surface area is 129 Å². The molecule has 0 saturated heterocycles. The van der Waals surface area contributed by atoms with Crippen molar-refractivity contribution in [1.82, 2.24) is 0 Å². The van der Waals surface area contributed by atoms with Crippen LogP contribution in [0, 0.1) is 0 Å². The van der Waals surface area contributed by atoms with E-state index >= 15 is 0 Å². The van der Waals surface area contributed by atoms with Crippen molar-refractivity contribution in [2.45, 2.75) is 6.18 Å². The van der Waals surface area contributed by atoms with Crippen molar-refractivity contribution in [2.75, 3.05) is 13.2 Å². The van der Waals surface area contributed by atoms with Crippen LogP contribution in [0.5, 0.6) is 11.5 Å². The second-order valence-electron chi connectivity index (χ2n) is 4.93. The zero-order chi connectivity index (χ0) is 16.6. The standard InChI is InChI=1S/C16H11F3O4/c17-16(18,19)11-3-1-9(2-4-11)10-7-12(15(20)21)14-13(8-10)22-5-6-23-14/h1-4,7-8H,5-6H2,(H,20,21). The van der Waals surface area contributed by atoms with Gasteiger partial charge in [0.2, 0.25) is 0 Å². The van der Waals surface area contributed by atoms with Gasteiger partial charge in [-0.1, -0.05) is 12.1 Å². The van der Waals surface area contributed by atoms with Gasteiger partial charge < -0.3 is 14.6 Å². The molecule has 3 rings (SSSR count). The lowest BCUT2D eigenvalue weighted by Crippen LogP contribution is -2.18. The lowest BCUT2D eigenvalue weighted by atomic mass is 10.00. The predicted octanol–water partition coefficient (Wildman–Crippen LogP) is 3.84. The fourth-order valence-electron chi connectivity index (χ4n) is 2.33. The van der Waals surface area contributed by atoms with Crippen LogP contribution in [0.15, 0.2) is 36.4 Å². The van der Waals surface area contributed by atoms with Crippen molar-refractivity contribution in [1.29, 1.82) is 0 Å². The van der Waals surface area contributed by atoms with Crippen LogP contribution in [-0.4, -0.2) is 24.3 Å². The number of ether oxygens (including phenoxy) is 2. The molecule has 0 spiro atoms. The average Bonchev–Trinajstić information content (AvgIpc) is 2.53. The Hall–Kier alpha value is -2.70. The van der Waals surface area contributed by atoms with Crippen molar-refractivity contribution in [2.24, 2.45) is 0 Å². The van der Waals surface area contributed by atoms with Crippen LogP contribution in [0.1, 0.15) is 15.9 Å². The average molecular weight is 324 g/mol. The highest BCUT2D eigenvalue weighted by molar-refractivity contribution is 5.94. The van der Waals surface area contributed by atoms with Gasteiger partial charge in [-0.3, -0.25) is 0 Å². The summed E-state index contributed by atoms with van der Waals surface area (Å²) in [5, 5.41) is 9.28. The van der Waals surface area contributed by atoms with E-state index in [1.165, 1.54) is 18.2 Å². The SMILES string of the molecule is O=C(O)c1cc(-c2ccc(C(F)(F)F)cc2)cc2c1OCCO2. The van der Waals surface area contributed by atoms with Crippen molar-refractivity contribution < 1.29 is 32.5 Å². The summed E-state index contributed by atoms with van der Waals surface area (Å²) in [4.78, 5) is 11.4. The summed E-state index contributed by atoms with van der Waals surface area (Å²) in [6.45, 7) is 0.523. The Morgan fingerprint density at radius 2 is 1.65 bits per heavy atom. The highest BCUT2D eigenvalue weighted by atomic mass is 19.4. The van der Waals surface area contributed by atoms with Gasteiger partial charge in [-0.2, -0.15) is 13.2 Å². The molecule has 0 amide bonds. The van der Waals surface area contributed by atoms with E-state index in [-0.39, 0.29) is 30.3 Å². The van der Waals surface area contributed by atoms with E-state index in [1.807, 2.05) is 0 Å². The van der Waals surface area contributed by atoms with Crippen molar-refractivity contribution >= 4 is 5.97 Å². The Morgan fingerprint density at radius 3 is 2.26 bits per heavy atom. The molecule has 23 heavy (non-hydrogen) atoms. The first-order valence-electron chi connectivity index (χ1n) is 6.71. The summed E-state index contributed by atoms with van der Waals surface area (Å²) in [5.74, 6) is -0.786. The monoisotopic (exact) mass is 324 g/mol. The summed E-state index contributed by atoms with van der Waals surface area (Å²) in [7, 11) is 0. The fraction of sp³-hybridized carbons (Fsp3) is 0.188. The minimum absolute atomic E-state index is 0.0860. The molecular weight excluding hydrogens is 313 g/mol.